The van der Waals surface area contributed by atoms with Crippen LogP contribution in [-0.2, 0) is 21.2 Å². The summed E-state index contributed by atoms with van der Waals surface area (Å²) in [6.45, 7) is 2.39. The third-order valence-electron chi connectivity index (χ3n) is 5.93. The minimum Gasteiger partial charge on any atom is -0.326 e. The fraction of sp³-hybridized carbons (Fsp3) is 0.250. The molecule has 2 aromatic carbocycles. The molecule has 8 nitrogen and oxygen atoms in total. The molecule has 176 valence electrons. The van der Waals surface area contributed by atoms with Gasteiger partial charge in [0, 0.05) is 54.7 Å². The van der Waals surface area contributed by atoms with Crippen molar-refractivity contribution in [1.29, 1.82) is 0 Å². The number of piperazine rings is 1. The summed E-state index contributed by atoms with van der Waals surface area (Å²) in [7, 11) is -1.55. The Kier molecular flexibility index (Phi) is 6.22. The number of aromatic nitrogens is 2. The molecular formula is C24H25N5O3S2. The maximum absolute atomic E-state index is 12.9. The number of rotatable bonds is 6. The lowest BCUT2D eigenvalue weighted by Crippen LogP contribution is -2.46. The average molecular weight is 496 g/mol. The van der Waals surface area contributed by atoms with Crippen LogP contribution in [0.5, 0.6) is 0 Å². The molecule has 1 aliphatic rings. The number of benzene rings is 2. The molecule has 3 heterocycles. The number of likely N-dealkylation sites (N-methyl/N-ethyl adjacent to an activating group) is 1. The summed E-state index contributed by atoms with van der Waals surface area (Å²) >= 11 is 1.49. The fourth-order valence-electron chi connectivity index (χ4n) is 3.96. The quantitative estimate of drug-likeness (QED) is 0.444. The van der Waals surface area contributed by atoms with Crippen LogP contribution in [0.4, 0.5) is 5.69 Å². The van der Waals surface area contributed by atoms with Gasteiger partial charge < -0.3 is 10.2 Å². The summed E-state index contributed by atoms with van der Waals surface area (Å²) in [6, 6.07) is 16.3. The van der Waals surface area contributed by atoms with E-state index in [0.717, 1.165) is 21.9 Å². The minimum atomic E-state index is -3.53. The summed E-state index contributed by atoms with van der Waals surface area (Å²) in [5, 5.41) is 4.80. The number of sulfonamides is 1. The van der Waals surface area contributed by atoms with Crippen molar-refractivity contribution in [3.05, 3.63) is 71.9 Å². The van der Waals surface area contributed by atoms with Gasteiger partial charge in [-0.05, 0) is 31.3 Å². The van der Waals surface area contributed by atoms with Crippen molar-refractivity contribution < 1.29 is 13.2 Å². The van der Waals surface area contributed by atoms with Crippen molar-refractivity contribution in [2.75, 3.05) is 38.5 Å². The van der Waals surface area contributed by atoms with Crippen LogP contribution in [-0.4, -0.2) is 66.1 Å². The van der Waals surface area contributed by atoms with E-state index in [2.05, 4.69) is 15.2 Å². The number of nitrogens with zero attached hydrogens (tertiary/aromatic N) is 4. The van der Waals surface area contributed by atoms with Crippen molar-refractivity contribution in [1.82, 2.24) is 18.6 Å². The number of thiazole rings is 1. The summed E-state index contributed by atoms with van der Waals surface area (Å²) in [6.07, 6.45) is 2.13. The van der Waals surface area contributed by atoms with E-state index in [1.54, 1.807) is 24.3 Å². The number of hydrogen-bond acceptors (Lipinski definition) is 6. The van der Waals surface area contributed by atoms with Crippen LogP contribution in [0.25, 0.3) is 16.2 Å². The second kappa shape index (κ2) is 9.30. The predicted octanol–water partition coefficient (Wildman–Crippen LogP) is 3.18. The van der Waals surface area contributed by atoms with Crippen molar-refractivity contribution in [2.24, 2.45) is 0 Å². The summed E-state index contributed by atoms with van der Waals surface area (Å²) in [4.78, 5) is 20.5. The van der Waals surface area contributed by atoms with Gasteiger partial charge in [-0.3, -0.25) is 9.20 Å². The second-order valence-corrected chi connectivity index (χ2v) is 11.1. The van der Waals surface area contributed by atoms with Crippen molar-refractivity contribution in [3.8, 4) is 11.3 Å². The van der Waals surface area contributed by atoms with Gasteiger partial charge in [0.1, 0.15) is 0 Å². The molecule has 2 aromatic heterocycles. The molecule has 10 heteroatoms. The van der Waals surface area contributed by atoms with Crippen LogP contribution < -0.4 is 5.32 Å². The van der Waals surface area contributed by atoms with Gasteiger partial charge in [0.05, 0.1) is 17.0 Å². The van der Waals surface area contributed by atoms with Crippen molar-refractivity contribution in [3.63, 3.8) is 0 Å². The predicted molar refractivity (Wildman–Crippen MR) is 134 cm³/mol. The molecule has 4 aromatic rings. The zero-order valence-electron chi connectivity index (χ0n) is 18.7. The number of carbonyl (C=O) groups is 1. The maximum Gasteiger partial charge on any atom is 0.243 e. The van der Waals surface area contributed by atoms with Crippen LogP contribution in [0.2, 0.25) is 0 Å². The molecular weight excluding hydrogens is 470 g/mol. The first-order valence-corrected chi connectivity index (χ1v) is 13.3. The van der Waals surface area contributed by atoms with Crippen LogP contribution in [0, 0.1) is 0 Å². The van der Waals surface area contributed by atoms with E-state index in [4.69, 9.17) is 0 Å². The van der Waals surface area contributed by atoms with Gasteiger partial charge in [0.15, 0.2) is 4.96 Å². The molecule has 1 amide bonds. The van der Waals surface area contributed by atoms with E-state index in [-0.39, 0.29) is 17.2 Å². The first kappa shape index (κ1) is 22.7. The smallest absolute Gasteiger partial charge is 0.243 e. The topological polar surface area (TPSA) is 87.0 Å². The summed E-state index contributed by atoms with van der Waals surface area (Å²) in [5.41, 5.74) is 3.30. The average Bonchev–Trinajstić information content (AvgIpc) is 3.42. The van der Waals surface area contributed by atoms with Crippen LogP contribution in [0.1, 0.15) is 5.69 Å². The molecule has 1 aliphatic heterocycles. The third-order valence-corrected chi connectivity index (χ3v) is 8.73. The Hall–Kier alpha value is -3.05. The second-order valence-electron chi connectivity index (χ2n) is 8.33. The zero-order valence-corrected chi connectivity index (χ0v) is 20.3. The molecule has 34 heavy (non-hydrogen) atoms. The highest BCUT2D eigenvalue weighted by Gasteiger charge is 2.27. The molecule has 0 bridgehead atoms. The molecule has 0 aliphatic carbocycles. The Morgan fingerprint density at radius 3 is 2.44 bits per heavy atom. The monoisotopic (exact) mass is 495 g/mol. The molecule has 1 N–H and O–H groups in total. The SMILES string of the molecule is CN1CCN(S(=O)(=O)c2ccc(NC(=O)Cc3csc4nc(-c5ccccc5)cn34)cc2)CC1. The number of amides is 1. The molecule has 0 radical (unpaired) electrons. The van der Waals surface area contributed by atoms with E-state index in [9.17, 15) is 13.2 Å². The number of carbonyl (C=O) groups excluding carboxylic acids is 1. The molecule has 1 fully saturated rings. The molecule has 5 rings (SSSR count). The Morgan fingerprint density at radius 1 is 1.03 bits per heavy atom. The lowest BCUT2D eigenvalue weighted by Gasteiger charge is -2.31. The first-order chi connectivity index (χ1) is 16.4. The van der Waals surface area contributed by atoms with Gasteiger partial charge >= 0.3 is 0 Å². The fourth-order valence-corrected chi connectivity index (χ4v) is 6.26. The largest absolute Gasteiger partial charge is 0.326 e. The molecule has 0 atom stereocenters. The Morgan fingerprint density at radius 2 is 1.74 bits per heavy atom. The normalized spacial score (nSPS) is 15.6. The molecule has 1 saturated heterocycles. The Balaban J connectivity index is 1.25. The van der Waals surface area contributed by atoms with E-state index >= 15 is 0 Å². The van der Waals surface area contributed by atoms with Gasteiger partial charge in [0.2, 0.25) is 15.9 Å². The van der Waals surface area contributed by atoms with Crippen molar-refractivity contribution >= 4 is 37.9 Å². The number of hydrogen-bond donors (Lipinski definition) is 1. The van der Waals surface area contributed by atoms with Gasteiger partial charge in [-0.2, -0.15) is 4.31 Å². The molecule has 0 unspecified atom stereocenters. The first-order valence-electron chi connectivity index (χ1n) is 11.0. The minimum absolute atomic E-state index is 0.177. The highest BCUT2D eigenvalue weighted by atomic mass is 32.2. The van der Waals surface area contributed by atoms with Gasteiger partial charge in [-0.1, -0.05) is 30.3 Å². The standard InChI is InChI=1S/C24H25N5O3S2/c1-27-11-13-28(14-12-27)34(31,32)21-9-7-19(8-10-21)25-23(30)15-20-17-33-24-26-22(16-29(20)24)18-5-3-2-4-6-18/h2-10,16-17H,11-15H2,1H3,(H,25,30). The van der Waals surface area contributed by atoms with E-state index in [1.165, 1.54) is 15.6 Å². The van der Waals surface area contributed by atoms with Crippen molar-refractivity contribution in [2.45, 2.75) is 11.3 Å². The Labute approximate surface area is 202 Å². The number of anilines is 1. The van der Waals surface area contributed by atoms with Crippen LogP contribution in [0.3, 0.4) is 0 Å². The molecule has 0 saturated carbocycles. The van der Waals surface area contributed by atoms with E-state index in [0.29, 0.717) is 31.9 Å². The summed E-state index contributed by atoms with van der Waals surface area (Å²) in [5.74, 6) is -0.177. The summed E-state index contributed by atoms with van der Waals surface area (Å²) < 4.78 is 29.2. The molecule has 0 spiro atoms. The van der Waals surface area contributed by atoms with E-state index < -0.39 is 10.0 Å². The number of imidazole rings is 1. The Bertz CT molecular complexity index is 1400. The third kappa shape index (κ3) is 4.62. The highest BCUT2D eigenvalue weighted by Crippen LogP contribution is 2.24. The lowest BCUT2D eigenvalue weighted by molar-refractivity contribution is -0.115. The van der Waals surface area contributed by atoms with Crippen LogP contribution in [0.15, 0.2) is 71.1 Å². The van der Waals surface area contributed by atoms with E-state index in [1.807, 2.05) is 53.4 Å². The van der Waals surface area contributed by atoms with Gasteiger partial charge in [-0.15, -0.1) is 11.3 Å². The van der Waals surface area contributed by atoms with Gasteiger partial charge in [0.25, 0.3) is 0 Å². The van der Waals surface area contributed by atoms with Crippen LogP contribution >= 0.6 is 11.3 Å². The maximum atomic E-state index is 12.9. The zero-order chi connectivity index (χ0) is 23.7. The lowest BCUT2D eigenvalue weighted by atomic mass is 10.2. The number of nitrogens with one attached hydrogen (secondary N) is 1. The van der Waals surface area contributed by atoms with Gasteiger partial charge in [-0.25, -0.2) is 13.4 Å². The number of fused-ring (bicyclic) bond motifs is 1. The highest BCUT2D eigenvalue weighted by molar-refractivity contribution is 7.89.